The molecule has 0 aliphatic heterocycles. The summed E-state index contributed by atoms with van der Waals surface area (Å²) in [5, 5.41) is 66.0. The minimum atomic E-state index is -1.39. The normalized spacial score (nSPS) is 48.4. The number of carbonyl (C=O) groups excluding carboxylic acids is 1. The highest BCUT2D eigenvalue weighted by Crippen LogP contribution is 2.69. The van der Waals surface area contributed by atoms with Crippen LogP contribution in [0.2, 0.25) is 0 Å². The van der Waals surface area contributed by atoms with Crippen LogP contribution in [0.1, 0.15) is 86.0 Å². The number of hydrogen-bond donors (Lipinski definition) is 6. The monoisotopic (exact) mass is 480 g/mol. The van der Waals surface area contributed by atoms with Crippen LogP contribution < -0.4 is 0 Å². The lowest BCUT2D eigenvalue weighted by Crippen LogP contribution is -2.65. The van der Waals surface area contributed by atoms with Gasteiger partial charge in [0, 0.05) is 17.3 Å². The second kappa shape index (κ2) is 8.09. The molecular weight excluding hydrogens is 436 g/mol. The van der Waals surface area contributed by atoms with E-state index in [2.05, 4.69) is 0 Å². The van der Waals surface area contributed by atoms with E-state index in [0.29, 0.717) is 50.5 Å². The Morgan fingerprint density at radius 1 is 1.09 bits per heavy atom. The fourth-order valence-electron chi connectivity index (χ4n) is 8.23. The minimum Gasteiger partial charge on any atom is -0.393 e. The maximum absolute atomic E-state index is 13.3. The summed E-state index contributed by atoms with van der Waals surface area (Å²) >= 11 is 0. The highest BCUT2D eigenvalue weighted by molar-refractivity contribution is 5.95. The van der Waals surface area contributed by atoms with E-state index in [0.717, 1.165) is 0 Å². The van der Waals surface area contributed by atoms with Crippen LogP contribution in [0.4, 0.5) is 0 Å². The van der Waals surface area contributed by atoms with Crippen LogP contribution in [-0.2, 0) is 4.79 Å². The third-order valence-corrected chi connectivity index (χ3v) is 10.7. The van der Waals surface area contributed by atoms with Crippen molar-refractivity contribution in [2.75, 3.05) is 0 Å². The van der Waals surface area contributed by atoms with Gasteiger partial charge in [0.1, 0.15) is 0 Å². The quantitative estimate of drug-likeness (QED) is 0.353. The van der Waals surface area contributed by atoms with Gasteiger partial charge in [-0.2, -0.15) is 0 Å². The highest BCUT2D eigenvalue weighted by atomic mass is 16.3. The molecule has 10 atom stereocenters. The molecule has 0 saturated heterocycles. The van der Waals surface area contributed by atoms with Gasteiger partial charge in [-0.25, -0.2) is 0 Å². The molecule has 0 spiro atoms. The molecule has 0 aromatic rings. The van der Waals surface area contributed by atoms with Gasteiger partial charge in [-0.15, -0.1) is 0 Å². The van der Waals surface area contributed by atoms with Crippen molar-refractivity contribution in [1.82, 2.24) is 0 Å². The maximum atomic E-state index is 13.3. The van der Waals surface area contributed by atoms with E-state index in [1.165, 1.54) is 0 Å². The second-order valence-corrected chi connectivity index (χ2v) is 13.1. The minimum absolute atomic E-state index is 0.117. The average Bonchev–Trinajstić information content (AvgIpc) is 2.95. The molecule has 3 fully saturated rings. The first-order valence-corrected chi connectivity index (χ1v) is 13.0. The van der Waals surface area contributed by atoms with Crippen molar-refractivity contribution in [3.8, 4) is 0 Å². The van der Waals surface area contributed by atoms with Gasteiger partial charge in [-0.1, -0.05) is 20.8 Å². The van der Waals surface area contributed by atoms with Crippen LogP contribution in [0.25, 0.3) is 0 Å². The summed E-state index contributed by atoms with van der Waals surface area (Å²) in [5.74, 6) is -1.16. The largest absolute Gasteiger partial charge is 0.393 e. The molecule has 0 aromatic carbocycles. The van der Waals surface area contributed by atoms with Crippen molar-refractivity contribution >= 4 is 5.78 Å². The Balaban J connectivity index is 1.67. The molecule has 0 radical (unpaired) electrons. The number of allylic oxidation sites excluding steroid dienone is 1. The Kier molecular flexibility index (Phi) is 6.24. The molecule has 4 aliphatic carbocycles. The Morgan fingerprint density at radius 2 is 1.74 bits per heavy atom. The lowest BCUT2D eigenvalue weighted by molar-refractivity contribution is -0.196. The van der Waals surface area contributed by atoms with Gasteiger partial charge in [0.2, 0.25) is 0 Å². The van der Waals surface area contributed by atoms with Gasteiger partial charge in [0.15, 0.2) is 5.78 Å². The average molecular weight is 481 g/mol. The summed E-state index contributed by atoms with van der Waals surface area (Å²) in [6, 6.07) is 0. The van der Waals surface area contributed by atoms with Gasteiger partial charge in [-0.3, -0.25) is 4.79 Å². The number of aliphatic hydroxyl groups excluding tert-OH is 3. The van der Waals surface area contributed by atoms with Gasteiger partial charge in [0.05, 0.1) is 35.1 Å². The molecule has 7 nitrogen and oxygen atoms in total. The third kappa shape index (κ3) is 3.57. The van der Waals surface area contributed by atoms with E-state index in [-0.39, 0.29) is 18.1 Å². The molecule has 194 valence electrons. The lowest BCUT2D eigenvalue weighted by Gasteiger charge is -2.61. The Labute approximate surface area is 202 Å². The number of fused-ring (bicyclic) bond motifs is 5. The summed E-state index contributed by atoms with van der Waals surface area (Å²) in [7, 11) is 0. The van der Waals surface area contributed by atoms with Crippen LogP contribution >= 0.6 is 0 Å². The van der Waals surface area contributed by atoms with Crippen molar-refractivity contribution in [1.29, 1.82) is 0 Å². The molecular formula is C27H44O7. The van der Waals surface area contributed by atoms with Crippen LogP contribution in [-0.4, -0.2) is 71.5 Å². The zero-order chi connectivity index (χ0) is 25.5. The number of carbonyl (C=O) groups is 1. The summed E-state index contributed by atoms with van der Waals surface area (Å²) < 4.78 is 0. The number of rotatable bonds is 5. The van der Waals surface area contributed by atoms with E-state index < -0.39 is 57.8 Å². The lowest BCUT2D eigenvalue weighted by atomic mass is 9.45. The summed E-state index contributed by atoms with van der Waals surface area (Å²) in [6.45, 7) is 9.08. The summed E-state index contributed by atoms with van der Waals surface area (Å²) in [4.78, 5) is 13.3. The second-order valence-electron chi connectivity index (χ2n) is 13.1. The van der Waals surface area contributed by atoms with Gasteiger partial charge in [-0.05, 0) is 88.2 Å². The van der Waals surface area contributed by atoms with Crippen molar-refractivity contribution in [3.63, 3.8) is 0 Å². The van der Waals surface area contributed by atoms with Crippen molar-refractivity contribution in [2.45, 2.75) is 121 Å². The molecule has 34 heavy (non-hydrogen) atoms. The van der Waals surface area contributed by atoms with Crippen LogP contribution in [0.5, 0.6) is 0 Å². The number of hydrogen-bond acceptors (Lipinski definition) is 7. The zero-order valence-electron chi connectivity index (χ0n) is 21.3. The molecule has 0 bridgehead atoms. The van der Waals surface area contributed by atoms with Crippen molar-refractivity contribution < 1.29 is 35.4 Å². The molecule has 0 heterocycles. The van der Waals surface area contributed by atoms with E-state index in [4.69, 9.17) is 0 Å². The first-order valence-electron chi connectivity index (χ1n) is 13.0. The topological polar surface area (TPSA) is 138 Å². The molecule has 7 heteroatoms. The molecule has 0 aromatic heterocycles. The van der Waals surface area contributed by atoms with Gasteiger partial charge in [0.25, 0.3) is 0 Å². The first kappa shape index (κ1) is 26.2. The Morgan fingerprint density at radius 3 is 2.35 bits per heavy atom. The third-order valence-electron chi connectivity index (χ3n) is 10.7. The highest BCUT2D eigenvalue weighted by Gasteiger charge is 2.72. The fraction of sp³-hybridized carbons (Fsp3) is 0.889. The van der Waals surface area contributed by atoms with E-state index >= 15 is 0 Å². The molecule has 3 saturated carbocycles. The van der Waals surface area contributed by atoms with Crippen molar-refractivity contribution in [2.24, 2.45) is 28.6 Å². The van der Waals surface area contributed by atoms with E-state index in [1.807, 2.05) is 20.8 Å². The molecule has 4 rings (SSSR count). The zero-order valence-corrected chi connectivity index (χ0v) is 21.3. The van der Waals surface area contributed by atoms with E-state index in [9.17, 15) is 35.4 Å². The molecule has 0 amide bonds. The number of aliphatic hydroxyl groups is 6. The predicted molar refractivity (Wildman–Crippen MR) is 127 cm³/mol. The molecule has 4 aliphatic rings. The predicted octanol–water partition coefficient (Wildman–Crippen LogP) is 1.85. The van der Waals surface area contributed by atoms with Crippen molar-refractivity contribution in [3.05, 3.63) is 11.6 Å². The first-order chi connectivity index (χ1) is 15.5. The van der Waals surface area contributed by atoms with Crippen LogP contribution in [0, 0.1) is 28.6 Å². The standard InChI is InChI=1S/C27H44O7/c1-15(19(28)7-8-23(2,3)32)26(33)10-11-27(34)17-12-20(29)18-13-21(30)22(31)14-24(18,4)16(17)6-9-25(26,27)5/h12,15-16,18-19,21-22,28,30-34H,6-11,13-14H2,1-5H3/t15?,16?,18-,19+,21+,22-,24+,25+,26+,27-/m0/s1. The SMILES string of the molecule is CC([C@H](O)CCC(C)(C)O)[C@]1(O)CC[C@]2(O)C3=CC(=O)[C@@H]4C[C@@H](O)[C@@H](O)C[C@]4(C)C3CC[C@]12C. The molecule has 2 unspecified atom stereocenters. The van der Waals surface area contributed by atoms with Gasteiger partial charge >= 0.3 is 0 Å². The van der Waals surface area contributed by atoms with Crippen LogP contribution in [0.3, 0.4) is 0 Å². The fourth-order valence-corrected chi connectivity index (χ4v) is 8.23. The van der Waals surface area contributed by atoms with Crippen LogP contribution in [0.15, 0.2) is 11.6 Å². The number of ketones is 1. The van der Waals surface area contributed by atoms with E-state index in [1.54, 1.807) is 19.9 Å². The van der Waals surface area contributed by atoms with Gasteiger partial charge < -0.3 is 30.6 Å². The Hall–Kier alpha value is -0.830. The summed E-state index contributed by atoms with van der Waals surface area (Å²) in [5.41, 5.74) is -4.50. The summed E-state index contributed by atoms with van der Waals surface area (Å²) in [6.07, 6.45) is 1.95. The molecule has 6 N–H and O–H groups in total. The Bertz CT molecular complexity index is 864. The smallest absolute Gasteiger partial charge is 0.159 e. The maximum Gasteiger partial charge on any atom is 0.159 e.